The summed E-state index contributed by atoms with van der Waals surface area (Å²) < 4.78 is 0.811. The number of thiol groups is 2. The van der Waals surface area contributed by atoms with Gasteiger partial charge in [0.2, 0.25) is 0 Å². The molecule has 19 heavy (non-hydrogen) atoms. The van der Waals surface area contributed by atoms with Crippen LogP contribution >= 0.6 is 25.3 Å². The van der Waals surface area contributed by atoms with E-state index < -0.39 is 0 Å². The van der Waals surface area contributed by atoms with E-state index in [4.69, 9.17) is 25.3 Å². The monoisotopic (exact) mass is 296 g/mol. The van der Waals surface area contributed by atoms with Gasteiger partial charge in [-0.05, 0) is 75.0 Å². The number of fused-ring (bicyclic) bond motifs is 5. The molecule has 0 nitrogen and oxygen atoms in total. The standard InChI is InChI=1S/C17H28S2/c18-16-9-3-5-14(16)13-7-6-12-4-1-2-10-17(12,19)15(13)8-11-16/h12-15,18-19H,1-11H2. The van der Waals surface area contributed by atoms with Crippen LogP contribution in [0.1, 0.15) is 70.6 Å². The second kappa shape index (κ2) is 4.60. The molecule has 0 bridgehead atoms. The third-order valence-corrected chi connectivity index (χ3v) is 9.01. The van der Waals surface area contributed by atoms with Crippen LogP contribution in [0.4, 0.5) is 0 Å². The van der Waals surface area contributed by atoms with Gasteiger partial charge in [-0.1, -0.05) is 19.3 Å². The molecule has 0 saturated heterocycles. The van der Waals surface area contributed by atoms with E-state index in [9.17, 15) is 0 Å². The Labute approximate surface area is 129 Å². The van der Waals surface area contributed by atoms with Crippen LogP contribution in [0.5, 0.6) is 0 Å². The van der Waals surface area contributed by atoms with Gasteiger partial charge in [-0.25, -0.2) is 0 Å². The van der Waals surface area contributed by atoms with Crippen LogP contribution < -0.4 is 0 Å². The van der Waals surface area contributed by atoms with Crippen molar-refractivity contribution in [2.45, 2.75) is 80.1 Å². The zero-order chi connectivity index (χ0) is 13.1. The topological polar surface area (TPSA) is 0 Å². The van der Waals surface area contributed by atoms with E-state index in [1.165, 1.54) is 70.6 Å². The number of hydrogen-bond acceptors (Lipinski definition) is 2. The second-order valence-corrected chi connectivity index (χ2v) is 9.65. The third kappa shape index (κ3) is 1.88. The Morgan fingerprint density at radius 2 is 1.58 bits per heavy atom. The Kier molecular flexibility index (Phi) is 3.23. The molecule has 4 rings (SSSR count). The maximum absolute atomic E-state index is 5.33. The summed E-state index contributed by atoms with van der Waals surface area (Å²) in [6, 6.07) is 0. The molecule has 0 amide bonds. The van der Waals surface area contributed by atoms with Gasteiger partial charge < -0.3 is 0 Å². The maximum Gasteiger partial charge on any atom is 0.0189 e. The normalized spacial score (nSPS) is 57.2. The highest BCUT2D eigenvalue weighted by Crippen LogP contribution is 2.63. The summed E-state index contributed by atoms with van der Waals surface area (Å²) in [5, 5.41) is 0. The summed E-state index contributed by atoms with van der Waals surface area (Å²) in [6.45, 7) is 0. The second-order valence-electron chi connectivity index (χ2n) is 7.92. The molecule has 0 spiro atoms. The van der Waals surface area contributed by atoms with Gasteiger partial charge in [0, 0.05) is 9.49 Å². The van der Waals surface area contributed by atoms with Gasteiger partial charge in [0.25, 0.3) is 0 Å². The molecule has 0 N–H and O–H groups in total. The molecule has 2 heteroatoms. The van der Waals surface area contributed by atoms with Crippen molar-refractivity contribution in [3.63, 3.8) is 0 Å². The Morgan fingerprint density at radius 3 is 2.47 bits per heavy atom. The largest absolute Gasteiger partial charge is 0.172 e. The minimum Gasteiger partial charge on any atom is -0.172 e. The van der Waals surface area contributed by atoms with Crippen molar-refractivity contribution in [1.82, 2.24) is 0 Å². The maximum atomic E-state index is 5.33. The Hall–Kier alpha value is 0.700. The van der Waals surface area contributed by atoms with Crippen molar-refractivity contribution >= 4 is 25.3 Å². The zero-order valence-corrected chi connectivity index (χ0v) is 13.8. The van der Waals surface area contributed by atoms with Gasteiger partial charge in [0.1, 0.15) is 0 Å². The summed E-state index contributed by atoms with van der Waals surface area (Å²) in [7, 11) is 0. The van der Waals surface area contributed by atoms with E-state index in [2.05, 4.69) is 0 Å². The molecular weight excluding hydrogens is 268 g/mol. The molecule has 108 valence electrons. The third-order valence-electron chi connectivity index (χ3n) is 7.31. The van der Waals surface area contributed by atoms with Gasteiger partial charge in [-0.2, -0.15) is 25.3 Å². The van der Waals surface area contributed by atoms with Gasteiger partial charge in [-0.3, -0.25) is 0 Å². The molecular formula is C17H28S2. The first-order valence-electron chi connectivity index (χ1n) is 8.58. The molecule has 0 aromatic rings. The minimum atomic E-state index is 0.402. The highest BCUT2D eigenvalue weighted by Gasteiger charge is 2.58. The molecule has 0 radical (unpaired) electrons. The summed E-state index contributed by atoms with van der Waals surface area (Å²) in [5.41, 5.74) is 0. The highest BCUT2D eigenvalue weighted by molar-refractivity contribution is 7.82. The van der Waals surface area contributed by atoms with Gasteiger partial charge in [0.15, 0.2) is 0 Å². The molecule has 4 saturated carbocycles. The van der Waals surface area contributed by atoms with E-state index >= 15 is 0 Å². The fraction of sp³-hybridized carbons (Fsp3) is 1.00. The summed E-state index contributed by atoms with van der Waals surface area (Å²) in [5.74, 6) is 3.72. The van der Waals surface area contributed by atoms with Crippen LogP contribution in [-0.4, -0.2) is 9.49 Å². The number of rotatable bonds is 0. The lowest BCUT2D eigenvalue weighted by atomic mass is 9.53. The first kappa shape index (κ1) is 13.4. The summed E-state index contributed by atoms with van der Waals surface area (Å²) in [4.78, 5) is 0. The molecule has 0 aliphatic heterocycles. The van der Waals surface area contributed by atoms with Crippen molar-refractivity contribution in [3.05, 3.63) is 0 Å². The van der Waals surface area contributed by atoms with Crippen LogP contribution in [0.15, 0.2) is 0 Å². The van der Waals surface area contributed by atoms with Gasteiger partial charge in [0.05, 0.1) is 0 Å². The summed E-state index contributed by atoms with van der Waals surface area (Å²) >= 11 is 10.5. The molecule has 4 aliphatic rings. The molecule has 0 aromatic heterocycles. The fourth-order valence-electron chi connectivity index (χ4n) is 6.46. The van der Waals surface area contributed by atoms with Crippen LogP contribution in [0.2, 0.25) is 0 Å². The van der Waals surface area contributed by atoms with Crippen LogP contribution in [-0.2, 0) is 0 Å². The lowest BCUT2D eigenvalue weighted by Crippen LogP contribution is -2.55. The van der Waals surface area contributed by atoms with E-state index in [0.29, 0.717) is 9.49 Å². The molecule has 6 atom stereocenters. The van der Waals surface area contributed by atoms with Crippen LogP contribution in [0.3, 0.4) is 0 Å². The predicted octanol–water partition coefficient (Wildman–Crippen LogP) is 5.13. The average Bonchev–Trinajstić information content (AvgIpc) is 2.79. The molecule has 0 heterocycles. The summed E-state index contributed by atoms with van der Waals surface area (Å²) in [6.07, 6.45) is 15.8. The van der Waals surface area contributed by atoms with Crippen LogP contribution in [0, 0.1) is 23.7 Å². The van der Waals surface area contributed by atoms with Crippen molar-refractivity contribution in [1.29, 1.82) is 0 Å². The lowest BCUT2D eigenvalue weighted by molar-refractivity contribution is 0.0116. The van der Waals surface area contributed by atoms with Gasteiger partial charge in [-0.15, -0.1) is 0 Å². The first-order valence-corrected chi connectivity index (χ1v) is 9.48. The SMILES string of the molecule is SC12CCCC1C1CCC3CCCCC3(S)C1CC2. The van der Waals surface area contributed by atoms with Crippen LogP contribution in [0.25, 0.3) is 0 Å². The Bertz CT molecular complexity index is 368. The van der Waals surface area contributed by atoms with Gasteiger partial charge >= 0.3 is 0 Å². The first-order chi connectivity index (χ1) is 9.13. The van der Waals surface area contributed by atoms with Crippen molar-refractivity contribution in [2.24, 2.45) is 23.7 Å². The smallest absolute Gasteiger partial charge is 0.0189 e. The number of hydrogen-bond donors (Lipinski definition) is 2. The predicted molar refractivity (Wildman–Crippen MR) is 88.2 cm³/mol. The molecule has 0 aromatic carbocycles. The fourth-order valence-corrected chi connectivity index (χ4v) is 7.80. The van der Waals surface area contributed by atoms with E-state index in [1.807, 2.05) is 0 Å². The average molecular weight is 297 g/mol. The highest BCUT2D eigenvalue weighted by atomic mass is 32.1. The van der Waals surface area contributed by atoms with E-state index in [0.717, 1.165) is 23.7 Å². The zero-order valence-electron chi connectivity index (χ0n) is 12.0. The van der Waals surface area contributed by atoms with Crippen molar-refractivity contribution < 1.29 is 0 Å². The minimum absolute atomic E-state index is 0.402. The quantitative estimate of drug-likeness (QED) is 0.569. The Balaban J connectivity index is 1.64. The van der Waals surface area contributed by atoms with Crippen molar-refractivity contribution in [2.75, 3.05) is 0 Å². The van der Waals surface area contributed by atoms with Crippen molar-refractivity contribution in [3.8, 4) is 0 Å². The Morgan fingerprint density at radius 1 is 0.684 bits per heavy atom. The molecule has 4 fully saturated rings. The lowest BCUT2D eigenvalue weighted by Gasteiger charge is -2.59. The van der Waals surface area contributed by atoms with E-state index in [1.54, 1.807) is 0 Å². The molecule has 4 aliphatic carbocycles. The van der Waals surface area contributed by atoms with E-state index in [-0.39, 0.29) is 0 Å². The molecule has 6 unspecified atom stereocenters.